The maximum absolute atomic E-state index is 11.9. The van der Waals surface area contributed by atoms with Crippen molar-refractivity contribution in [3.8, 4) is 6.07 Å². The fraction of sp³-hybridized carbons (Fsp3) is 0.421. The van der Waals surface area contributed by atoms with E-state index < -0.39 is 0 Å². The van der Waals surface area contributed by atoms with E-state index in [1.165, 1.54) is 7.11 Å². The van der Waals surface area contributed by atoms with Gasteiger partial charge in [-0.2, -0.15) is 5.26 Å². The molecule has 1 fully saturated rings. The maximum atomic E-state index is 11.9. The Labute approximate surface area is 147 Å². The largest absolute Gasteiger partial charge is 0.375 e. The standard InChI is InChI=1S/C19H22N4O2/c1-13-8-15(22-18(24)12-25-2)11-23(10-13)17-6-5-14(9-20)19-16(17)4-3-7-21-19/h3-7,13,15H,8,10-12H2,1-2H3,(H,22,24)/t13-,15+/m0/s1. The monoisotopic (exact) mass is 338 g/mol. The molecule has 0 radical (unpaired) electrons. The molecule has 2 heterocycles. The number of nitrogens with one attached hydrogen (secondary N) is 1. The third kappa shape index (κ3) is 3.72. The summed E-state index contributed by atoms with van der Waals surface area (Å²) in [6.07, 6.45) is 2.65. The van der Waals surface area contributed by atoms with Gasteiger partial charge in [-0.1, -0.05) is 6.92 Å². The van der Waals surface area contributed by atoms with Crippen molar-refractivity contribution in [3.63, 3.8) is 0 Å². The number of methoxy groups -OCH3 is 1. The van der Waals surface area contributed by atoms with Gasteiger partial charge in [0.05, 0.1) is 11.1 Å². The summed E-state index contributed by atoms with van der Waals surface area (Å²) in [6.45, 7) is 3.91. The molecule has 0 unspecified atom stereocenters. The number of pyridine rings is 1. The van der Waals surface area contributed by atoms with Crippen LogP contribution >= 0.6 is 0 Å². The summed E-state index contributed by atoms with van der Waals surface area (Å²) in [5.74, 6) is 0.358. The van der Waals surface area contributed by atoms with Crippen LogP contribution in [0.5, 0.6) is 0 Å². The van der Waals surface area contributed by atoms with Crippen molar-refractivity contribution < 1.29 is 9.53 Å². The van der Waals surface area contributed by atoms with Crippen LogP contribution < -0.4 is 10.2 Å². The molecule has 130 valence electrons. The van der Waals surface area contributed by atoms with E-state index in [4.69, 9.17) is 4.74 Å². The van der Waals surface area contributed by atoms with E-state index >= 15 is 0 Å². The van der Waals surface area contributed by atoms with E-state index in [9.17, 15) is 10.1 Å². The summed E-state index contributed by atoms with van der Waals surface area (Å²) >= 11 is 0. The topological polar surface area (TPSA) is 78.2 Å². The quantitative estimate of drug-likeness (QED) is 0.923. The Morgan fingerprint density at radius 1 is 1.44 bits per heavy atom. The number of amides is 1. The number of hydrogen-bond donors (Lipinski definition) is 1. The lowest BCUT2D eigenvalue weighted by Crippen LogP contribution is -2.51. The smallest absolute Gasteiger partial charge is 0.246 e. The highest BCUT2D eigenvalue weighted by molar-refractivity contribution is 5.95. The van der Waals surface area contributed by atoms with E-state index in [0.29, 0.717) is 11.5 Å². The van der Waals surface area contributed by atoms with Gasteiger partial charge in [0.1, 0.15) is 12.7 Å². The molecule has 1 aromatic heterocycles. The van der Waals surface area contributed by atoms with Crippen LogP contribution in [0.4, 0.5) is 5.69 Å². The number of fused-ring (bicyclic) bond motifs is 1. The van der Waals surface area contributed by atoms with Gasteiger partial charge in [-0.05, 0) is 36.6 Å². The number of carbonyl (C=O) groups excluding carboxylic acids is 1. The molecule has 6 heteroatoms. The van der Waals surface area contributed by atoms with Gasteiger partial charge in [-0.3, -0.25) is 9.78 Å². The molecule has 25 heavy (non-hydrogen) atoms. The maximum Gasteiger partial charge on any atom is 0.246 e. The molecule has 6 nitrogen and oxygen atoms in total. The molecule has 1 aromatic carbocycles. The number of nitriles is 1. The molecule has 1 aliphatic heterocycles. The predicted octanol–water partition coefficient (Wildman–Crippen LogP) is 2.08. The Balaban J connectivity index is 1.89. The van der Waals surface area contributed by atoms with Crippen molar-refractivity contribution in [1.29, 1.82) is 5.26 Å². The van der Waals surface area contributed by atoms with Crippen LogP contribution in [-0.4, -0.2) is 43.7 Å². The fourth-order valence-corrected chi connectivity index (χ4v) is 3.58. The number of hydrogen-bond acceptors (Lipinski definition) is 5. The molecular formula is C19H22N4O2. The molecule has 1 saturated heterocycles. The van der Waals surface area contributed by atoms with Crippen LogP contribution in [-0.2, 0) is 9.53 Å². The van der Waals surface area contributed by atoms with Gasteiger partial charge in [-0.25, -0.2) is 0 Å². The van der Waals surface area contributed by atoms with Gasteiger partial charge in [0.15, 0.2) is 0 Å². The first-order chi connectivity index (χ1) is 12.1. The van der Waals surface area contributed by atoms with Crippen molar-refractivity contribution in [2.45, 2.75) is 19.4 Å². The summed E-state index contributed by atoms with van der Waals surface area (Å²) in [4.78, 5) is 18.5. The van der Waals surface area contributed by atoms with Gasteiger partial charge in [0.2, 0.25) is 5.91 Å². The van der Waals surface area contributed by atoms with Crippen LogP contribution in [0.1, 0.15) is 18.9 Å². The first kappa shape index (κ1) is 17.2. The molecule has 0 spiro atoms. The van der Waals surface area contributed by atoms with Crippen molar-refractivity contribution in [1.82, 2.24) is 10.3 Å². The lowest BCUT2D eigenvalue weighted by molar-refractivity contribution is -0.125. The second-order valence-electron chi connectivity index (χ2n) is 6.59. The number of nitrogens with zero attached hydrogens (tertiary/aromatic N) is 3. The summed E-state index contributed by atoms with van der Waals surface area (Å²) < 4.78 is 4.90. The number of carbonyl (C=O) groups is 1. The Hall–Kier alpha value is -2.65. The fourth-order valence-electron chi connectivity index (χ4n) is 3.58. The summed E-state index contributed by atoms with van der Waals surface area (Å²) in [7, 11) is 1.52. The average molecular weight is 338 g/mol. The zero-order chi connectivity index (χ0) is 17.8. The van der Waals surface area contributed by atoms with Crippen molar-refractivity contribution in [2.24, 2.45) is 5.92 Å². The minimum atomic E-state index is -0.0899. The molecule has 0 aliphatic carbocycles. The molecular weight excluding hydrogens is 316 g/mol. The van der Waals surface area contributed by atoms with Gasteiger partial charge in [0.25, 0.3) is 0 Å². The van der Waals surface area contributed by atoms with E-state index in [0.717, 1.165) is 36.1 Å². The van der Waals surface area contributed by atoms with Crippen LogP contribution in [0, 0.1) is 17.2 Å². The Kier molecular flexibility index (Phi) is 5.15. The van der Waals surface area contributed by atoms with Crippen LogP contribution in [0.25, 0.3) is 10.9 Å². The summed E-state index contributed by atoms with van der Waals surface area (Å²) in [6, 6.07) is 9.97. The van der Waals surface area contributed by atoms with Crippen molar-refractivity contribution >= 4 is 22.5 Å². The first-order valence-electron chi connectivity index (χ1n) is 8.43. The number of benzene rings is 1. The molecule has 2 aromatic rings. The van der Waals surface area contributed by atoms with Gasteiger partial charge in [0, 0.05) is 43.5 Å². The molecule has 0 saturated carbocycles. The lowest BCUT2D eigenvalue weighted by Gasteiger charge is -2.38. The zero-order valence-electron chi connectivity index (χ0n) is 14.5. The molecule has 0 bridgehead atoms. The second kappa shape index (κ2) is 7.49. The zero-order valence-corrected chi connectivity index (χ0v) is 14.5. The Morgan fingerprint density at radius 2 is 2.28 bits per heavy atom. The van der Waals surface area contributed by atoms with E-state index in [1.807, 2.05) is 24.3 Å². The van der Waals surface area contributed by atoms with Crippen molar-refractivity contribution in [2.75, 3.05) is 31.7 Å². The van der Waals surface area contributed by atoms with Gasteiger partial charge in [-0.15, -0.1) is 0 Å². The Bertz CT molecular complexity index is 815. The summed E-state index contributed by atoms with van der Waals surface area (Å²) in [5.41, 5.74) is 2.36. The summed E-state index contributed by atoms with van der Waals surface area (Å²) in [5, 5.41) is 13.3. The van der Waals surface area contributed by atoms with E-state index in [1.54, 1.807) is 6.20 Å². The van der Waals surface area contributed by atoms with Crippen LogP contribution in [0.15, 0.2) is 30.5 Å². The SMILES string of the molecule is COCC(=O)N[C@@H]1C[C@H](C)CN(c2ccc(C#N)c3ncccc23)C1. The highest BCUT2D eigenvalue weighted by Crippen LogP contribution is 2.31. The first-order valence-corrected chi connectivity index (χ1v) is 8.43. The predicted molar refractivity (Wildman–Crippen MR) is 96.3 cm³/mol. The molecule has 1 amide bonds. The Morgan fingerprint density at radius 3 is 3.04 bits per heavy atom. The molecule has 3 rings (SSSR count). The van der Waals surface area contributed by atoms with E-state index in [2.05, 4.69) is 28.2 Å². The number of aromatic nitrogens is 1. The average Bonchev–Trinajstić information content (AvgIpc) is 2.60. The number of ether oxygens (including phenoxy) is 1. The third-order valence-electron chi connectivity index (χ3n) is 4.51. The minimum absolute atomic E-state index is 0.0776. The molecule has 1 aliphatic rings. The van der Waals surface area contributed by atoms with Gasteiger partial charge < -0.3 is 15.0 Å². The molecule has 2 atom stereocenters. The third-order valence-corrected chi connectivity index (χ3v) is 4.51. The highest BCUT2D eigenvalue weighted by atomic mass is 16.5. The highest BCUT2D eigenvalue weighted by Gasteiger charge is 2.27. The van der Waals surface area contributed by atoms with Gasteiger partial charge >= 0.3 is 0 Å². The number of anilines is 1. The van der Waals surface area contributed by atoms with E-state index in [-0.39, 0.29) is 18.6 Å². The number of rotatable bonds is 4. The lowest BCUT2D eigenvalue weighted by atomic mass is 9.94. The van der Waals surface area contributed by atoms with Crippen molar-refractivity contribution in [3.05, 3.63) is 36.0 Å². The number of piperidine rings is 1. The normalized spacial score (nSPS) is 20.3. The minimum Gasteiger partial charge on any atom is -0.375 e. The van der Waals surface area contributed by atoms with Crippen LogP contribution in [0.2, 0.25) is 0 Å². The van der Waals surface area contributed by atoms with Crippen LogP contribution in [0.3, 0.4) is 0 Å². The molecule has 1 N–H and O–H groups in total. The second-order valence-corrected chi connectivity index (χ2v) is 6.59.